The van der Waals surface area contributed by atoms with Crippen molar-refractivity contribution >= 4 is 21.8 Å². The van der Waals surface area contributed by atoms with Gasteiger partial charge in [-0.1, -0.05) is 12.1 Å². The van der Waals surface area contributed by atoms with E-state index < -0.39 is 10.0 Å². The maximum absolute atomic E-state index is 12.2. The van der Waals surface area contributed by atoms with Gasteiger partial charge < -0.3 is 4.74 Å². The second-order valence-corrected chi connectivity index (χ2v) is 8.07. The molecule has 0 aromatic heterocycles. The number of sulfonamides is 1. The fraction of sp³-hybridized carbons (Fsp3) is 0.222. The molecule has 8 heteroatoms. The zero-order valence-electron chi connectivity index (χ0n) is 14.4. The number of hydrogen-bond donors (Lipinski definition) is 0. The first-order valence-electron chi connectivity index (χ1n) is 7.93. The molecule has 1 aliphatic heterocycles. The molecule has 2 aromatic rings. The van der Waals surface area contributed by atoms with E-state index in [2.05, 4.69) is 0 Å². The summed E-state index contributed by atoms with van der Waals surface area (Å²) in [7, 11) is -0.572. The van der Waals surface area contributed by atoms with E-state index in [1.54, 1.807) is 36.4 Å². The van der Waals surface area contributed by atoms with Crippen LogP contribution < -0.4 is 4.74 Å². The summed E-state index contributed by atoms with van der Waals surface area (Å²) in [5.74, 6) is -0.206. The molecule has 0 radical (unpaired) electrons. The first-order chi connectivity index (χ1) is 12.3. The highest BCUT2D eigenvalue weighted by Crippen LogP contribution is 2.22. The van der Waals surface area contributed by atoms with E-state index in [9.17, 15) is 18.0 Å². The van der Waals surface area contributed by atoms with Gasteiger partial charge in [-0.15, -0.1) is 0 Å². The molecule has 2 amide bonds. The van der Waals surface area contributed by atoms with Crippen LogP contribution in [-0.4, -0.2) is 56.7 Å². The van der Waals surface area contributed by atoms with Crippen molar-refractivity contribution in [1.29, 1.82) is 0 Å². The number of hydrogen-bond acceptors (Lipinski definition) is 5. The molecule has 7 nitrogen and oxygen atoms in total. The predicted octanol–water partition coefficient (Wildman–Crippen LogP) is 1.61. The van der Waals surface area contributed by atoms with Gasteiger partial charge in [0.2, 0.25) is 10.0 Å². The third-order valence-corrected chi connectivity index (χ3v) is 5.89. The highest BCUT2D eigenvalue weighted by atomic mass is 32.2. The Hall–Kier alpha value is -2.71. The third-order valence-electron chi connectivity index (χ3n) is 4.06. The Morgan fingerprint density at radius 1 is 0.923 bits per heavy atom. The SMILES string of the molecule is CN(C)S(=O)(=O)c1ccc(OCCN2C(=O)c3ccccc3C2=O)cc1. The number of rotatable bonds is 6. The Morgan fingerprint density at radius 3 is 1.96 bits per heavy atom. The van der Waals surface area contributed by atoms with Crippen LogP contribution in [0.3, 0.4) is 0 Å². The molecule has 3 rings (SSSR count). The van der Waals surface area contributed by atoms with Crippen LogP contribution in [0.5, 0.6) is 5.75 Å². The molecule has 0 fully saturated rings. The molecule has 136 valence electrons. The minimum Gasteiger partial charge on any atom is -0.492 e. The van der Waals surface area contributed by atoms with Crippen LogP contribution in [0.1, 0.15) is 20.7 Å². The lowest BCUT2D eigenvalue weighted by atomic mass is 10.1. The molecule has 0 atom stereocenters. The van der Waals surface area contributed by atoms with Crippen LogP contribution in [0, 0.1) is 0 Å². The van der Waals surface area contributed by atoms with Crippen LogP contribution in [0.4, 0.5) is 0 Å². The Morgan fingerprint density at radius 2 is 1.46 bits per heavy atom. The number of benzene rings is 2. The smallest absolute Gasteiger partial charge is 0.261 e. The zero-order valence-corrected chi connectivity index (χ0v) is 15.2. The summed E-state index contributed by atoms with van der Waals surface area (Å²) < 4.78 is 30.7. The minimum absolute atomic E-state index is 0.115. The first kappa shape index (κ1) is 18.1. The molecule has 26 heavy (non-hydrogen) atoms. The molecular weight excluding hydrogens is 356 g/mol. The van der Waals surface area contributed by atoms with Crippen molar-refractivity contribution in [2.24, 2.45) is 0 Å². The van der Waals surface area contributed by atoms with Crippen molar-refractivity contribution in [3.63, 3.8) is 0 Å². The van der Waals surface area contributed by atoms with Crippen LogP contribution >= 0.6 is 0 Å². The molecule has 0 bridgehead atoms. The van der Waals surface area contributed by atoms with E-state index in [1.807, 2.05) is 0 Å². The predicted molar refractivity (Wildman–Crippen MR) is 94.6 cm³/mol. The summed E-state index contributed by atoms with van der Waals surface area (Å²) in [4.78, 5) is 25.8. The van der Waals surface area contributed by atoms with Crippen LogP contribution in [0.25, 0.3) is 0 Å². The van der Waals surface area contributed by atoms with Gasteiger partial charge in [-0.2, -0.15) is 0 Å². The number of imide groups is 1. The Balaban J connectivity index is 1.61. The van der Waals surface area contributed by atoms with E-state index in [1.165, 1.54) is 26.2 Å². The van der Waals surface area contributed by atoms with Crippen molar-refractivity contribution in [3.05, 3.63) is 59.7 Å². The zero-order chi connectivity index (χ0) is 18.9. The monoisotopic (exact) mass is 374 g/mol. The first-order valence-corrected chi connectivity index (χ1v) is 9.37. The summed E-state index contributed by atoms with van der Waals surface area (Å²) in [6, 6.07) is 12.7. The maximum atomic E-state index is 12.2. The Bertz CT molecular complexity index is 917. The van der Waals surface area contributed by atoms with E-state index in [0.29, 0.717) is 16.9 Å². The number of nitrogens with zero attached hydrogens (tertiary/aromatic N) is 2. The van der Waals surface area contributed by atoms with E-state index in [4.69, 9.17) is 4.74 Å². The highest BCUT2D eigenvalue weighted by molar-refractivity contribution is 7.89. The number of carbonyl (C=O) groups is 2. The highest BCUT2D eigenvalue weighted by Gasteiger charge is 2.34. The quantitative estimate of drug-likeness (QED) is 0.718. The lowest BCUT2D eigenvalue weighted by Crippen LogP contribution is -2.33. The van der Waals surface area contributed by atoms with Gasteiger partial charge in [-0.25, -0.2) is 12.7 Å². The fourth-order valence-electron chi connectivity index (χ4n) is 2.62. The number of amides is 2. The third kappa shape index (κ3) is 3.21. The number of carbonyl (C=O) groups excluding carboxylic acids is 2. The maximum Gasteiger partial charge on any atom is 0.261 e. The lowest BCUT2D eigenvalue weighted by molar-refractivity contribution is 0.0631. The summed E-state index contributed by atoms with van der Waals surface area (Å²) in [5, 5.41) is 0. The van der Waals surface area contributed by atoms with Gasteiger partial charge in [0.1, 0.15) is 12.4 Å². The van der Waals surface area contributed by atoms with Crippen molar-refractivity contribution in [1.82, 2.24) is 9.21 Å². The molecule has 1 aliphatic rings. The van der Waals surface area contributed by atoms with Gasteiger partial charge in [0.15, 0.2) is 0 Å². The van der Waals surface area contributed by atoms with Crippen LogP contribution in [0.2, 0.25) is 0 Å². The second-order valence-electron chi connectivity index (χ2n) is 5.91. The molecule has 0 unspecified atom stereocenters. The van der Waals surface area contributed by atoms with Gasteiger partial charge in [-0.05, 0) is 36.4 Å². The van der Waals surface area contributed by atoms with Gasteiger partial charge >= 0.3 is 0 Å². The summed E-state index contributed by atoms with van der Waals surface area (Å²) in [6.45, 7) is 0.231. The van der Waals surface area contributed by atoms with Crippen molar-refractivity contribution in [2.45, 2.75) is 4.90 Å². The molecule has 2 aromatic carbocycles. The number of ether oxygens (including phenoxy) is 1. The van der Waals surface area contributed by atoms with Gasteiger partial charge in [0.25, 0.3) is 11.8 Å². The normalized spacial score (nSPS) is 14.0. The molecule has 1 heterocycles. The average molecular weight is 374 g/mol. The van der Waals surface area contributed by atoms with Crippen LogP contribution in [-0.2, 0) is 10.0 Å². The van der Waals surface area contributed by atoms with Gasteiger partial charge in [0.05, 0.1) is 22.6 Å². The molecular formula is C18H18N2O5S. The molecule has 0 saturated carbocycles. The summed E-state index contributed by atoms with van der Waals surface area (Å²) >= 11 is 0. The number of fused-ring (bicyclic) bond motifs is 1. The Kier molecular flexibility index (Phi) is 4.80. The molecule has 0 spiro atoms. The average Bonchev–Trinajstić information content (AvgIpc) is 2.87. The summed E-state index contributed by atoms with van der Waals surface area (Å²) in [6.07, 6.45) is 0. The fourth-order valence-corrected chi connectivity index (χ4v) is 3.52. The van der Waals surface area contributed by atoms with Crippen molar-refractivity contribution < 1.29 is 22.7 Å². The van der Waals surface area contributed by atoms with Gasteiger partial charge in [0, 0.05) is 14.1 Å². The van der Waals surface area contributed by atoms with Gasteiger partial charge in [-0.3, -0.25) is 14.5 Å². The van der Waals surface area contributed by atoms with E-state index in [-0.39, 0.29) is 29.9 Å². The second kappa shape index (κ2) is 6.89. The van der Waals surface area contributed by atoms with Crippen LogP contribution in [0.15, 0.2) is 53.4 Å². The van der Waals surface area contributed by atoms with Crippen molar-refractivity contribution in [3.8, 4) is 5.75 Å². The topological polar surface area (TPSA) is 84.0 Å². The van der Waals surface area contributed by atoms with E-state index >= 15 is 0 Å². The van der Waals surface area contributed by atoms with Crippen molar-refractivity contribution in [2.75, 3.05) is 27.2 Å². The van der Waals surface area contributed by atoms with E-state index in [0.717, 1.165) is 9.21 Å². The lowest BCUT2D eigenvalue weighted by Gasteiger charge is -2.15. The molecule has 0 N–H and O–H groups in total. The Labute approximate surface area is 151 Å². The largest absolute Gasteiger partial charge is 0.492 e. The summed E-state index contributed by atoms with van der Waals surface area (Å²) in [5.41, 5.74) is 0.798. The molecule has 0 saturated heterocycles. The molecule has 0 aliphatic carbocycles. The minimum atomic E-state index is -3.49. The standard InChI is InChI=1S/C18H18N2O5S/c1-19(2)26(23,24)14-9-7-13(8-10-14)25-12-11-20-17(21)15-5-3-4-6-16(15)18(20)22/h3-10H,11-12H2,1-2H3.